The first-order valence-electron chi connectivity index (χ1n) is 4.83. The second kappa shape index (κ2) is 3.91. The van der Waals surface area contributed by atoms with Crippen LogP contribution in [-0.4, -0.2) is 12.7 Å². The van der Waals surface area contributed by atoms with Gasteiger partial charge in [-0.25, -0.2) is 0 Å². The number of hydrogen-bond donors (Lipinski definition) is 0. The summed E-state index contributed by atoms with van der Waals surface area (Å²) in [6.07, 6.45) is 2.37. The molecule has 3 heteroatoms. The molecule has 0 aliphatic heterocycles. The van der Waals surface area contributed by atoms with Crippen LogP contribution in [0.25, 0.3) is 0 Å². The van der Waals surface area contributed by atoms with Crippen molar-refractivity contribution in [3.63, 3.8) is 0 Å². The predicted octanol–water partition coefficient (Wildman–Crippen LogP) is 3.44. The van der Waals surface area contributed by atoms with Gasteiger partial charge in [0.15, 0.2) is 0 Å². The van der Waals surface area contributed by atoms with E-state index in [0.717, 1.165) is 19.3 Å². The van der Waals surface area contributed by atoms with Crippen LogP contribution in [0, 0.1) is 11.3 Å². The highest BCUT2D eigenvalue weighted by Crippen LogP contribution is 2.40. The van der Waals surface area contributed by atoms with Gasteiger partial charge in [-0.2, -0.15) is 8.78 Å². The Bertz CT molecular complexity index is 163. The van der Waals surface area contributed by atoms with Gasteiger partial charge in [-0.05, 0) is 30.6 Å². The minimum Gasteiger partial charge on any atom is -0.320 e. The van der Waals surface area contributed by atoms with Crippen molar-refractivity contribution in [1.29, 1.82) is 0 Å². The third kappa shape index (κ3) is 3.22. The first-order valence-corrected chi connectivity index (χ1v) is 4.83. The number of ether oxygens (including phenoxy) is 1. The molecule has 13 heavy (non-hydrogen) atoms. The lowest BCUT2D eigenvalue weighted by molar-refractivity contribution is -0.161. The lowest BCUT2D eigenvalue weighted by Crippen LogP contribution is -2.19. The van der Waals surface area contributed by atoms with Crippen LogP contribution < -0.4 is 0 Å². The molecular formula is C10H18F2O. The van der Waals surface area contributed by atoms with Crippen molar-refractivity contribution < 1.29 is 13.5 Å². The summed E-state index contributed by atoms with van der Waals surface area (Å²) < 4.78 is 28.3. The van der Waals surface area contributed by atoms with Crippen LogP contribution in [0.4, 0.5) is 8.78 Å². The molecule has 2 unspecified atom stereocenters. The summed E-state index contributed by atoms with van der Waals surface area (Å²) in [5, 5.41) is 0. The fourth-order valence-electron chi connectivity index (χ4n) is 2.00. The molecule has 0 amide bonds. The van der Waals surface area contributed by atoms with Crippen molar-refractivity contribution in [2.24, 2.45) is 11.3 Å². The van der Waals surface area contributed by atoms with E-state index in [2.05, 4.69) is 25.5 Å². The molecule has 0 saturated heterocycles. The largest absolute Gasteiger partial charge is 0.345 e. The summed E-state index contributed by atoms with van der Waals surface area (Å²) in [5.74, 6) is 0.524. The minimum atomic E-state index is -2.61. The highest BCUT2D eigenvalue weighted by Gasteiger charge is 2.34. The highest BCUT2D eigenvalue weighted by molar-refractivity contribution is 4.83. The lowest BCUT2D eigenvalue weighted by atomic mass is 9.80. The van der Waals surface area contributed by atoms with Crippen molar-refractivity contribution in [1.82, 2.24) is 0 Å². The molecule has 2 atom stereocenters. The zero-order valence-corrected chi connectivity index (χ0v) is 8.52. The minimum absolute atomic E-state index is 0.218. The lowest BCUT2D eigenvalue weighted by Gasteiger charge is -2.26. The number of halogens is 2. The molecule has 0 spiro atoms. The number of alkyl halides is 2. The van der Waals surface area contributed by atoms with Crippen molar-refractivity contribution in [3.8, 4) is 0 Å². The monoisotopic (exact) mass is 192 g/mol. The topological polar surface area (TPSA) is 9.23 Å². The summed E-state index contributed by atoms with van der Waals surface area (Å²) in [4.78, 5) is 0. The van der Waals surface area contributed by atoms with Crippen LogP contribution in [0.2, 0.25) is 0 Å². The molecule has 0 aromatic carbocycles. The van der Waals surface area contributed by atoms with Gasteiger partial charge in [0.2, 0.25) is 0 Å². The molecule has 0 aromatic heterocycles. The van der Waals surface area contributed by atoms with Gasteiger partial charge in [0.25, 0.3) is 0 Å². The Morgan fingerprint density at radius 1 is 1.23 bits per heavy atom. The average Bonchev–Trinajstić information content (AvgIpc) is 2.32. The predicted molar refractivity (Wildman–Crippen MR) is 47.7 cm³/mol. The van der Waals surface area contributed by atoms with E-state index < -0.39 is 6.61 Å². The van der Waals surface area contributed by atoms with Crippen LogP contribution in [0.3, 0.4) is 0 Å². The molecule has 1 aliphatic rings. The number of hydrogen-bond acceptors (Lipinski definition) is 1. The molecule has 1 rings (SSSR count). The summed E-state index contributed by atoms with van der Waals surface area (Å²) >= 11 is 0. The van der Waals surface area contributed by atoms with Crippen molar-refractivity contribution >= 4 is 0 Å². The first kappa shape index (κ1) is 10.9. The third-order valence-electron chi connectivity index (χ3n) is 2.90. The summed E-state index contributed by atoms with van der Waals surface area (Å²) in [6.45, 7) is 3.86. The fraction of sp³-hybridized carbons (Fsp3) is 1.00. The van der Waals surface area contributed by atoms with E-state index in [1.54, 1.807) is 0 Å². The van der Waals surface area contributed by atoms with Crippen LogP contribution >= 0.6 is 0 Å². The molecule has 0 N–H and O–H groups in total. The summed E-state index contributed by atoms with van der Waals surface area (Å²) in [5.41, 5.74) is 0.222. The normalized spacial score (nSPS) is 30.0. The van der Waals surface area contributed by atoms with Gasteiger partial charge in [-0.3, -0.25) is 0 Å². The maximum absolute atomic E-state index is 11.9. The Morgan fingerprint density at radius 2 is 1.85 bits per heavy atom. The SMILES string of the molecule is CC(C)(C)C1CCC(OC(F)F)C1. The second-order valence-corrected chi connectivity index (χ2v) is 4.89. The van der Waals surface area contributed by atoms with Crippen molar-refractivity contribution in [2.45, 2.75) is 52.7 Å². The molecule has 1 fully saturated rings. The standard InChI is InChI=1S/C10H18F2O/c1-10(2,3)7-4-5-8(6-7)13-9(11)12/h7-9H,4-6H2,1-3H3. The van der Waals surface area contributed by atoms with E-state index in [1.807, 2.05) is 0 Å². The molecule has 0 bridgehead atoms. The van der Waals surface area contributed by atoms with Gasteiger partial charge in [0, 0.05) is 0 Å². The second-order valence-electron chi connectivity index (χ2n) is 4.89. The van der Waals surface area contributed by atoms with E-state index in [0.29, 0.717) is 5.92 Å². The number of rotatable bonds is 2. The molecular weight excluding hydrogens is 174 g/mol. The van der Waals surface area contributed by atoms with Gasteiger partial charge >= 0.3 is 6.61 Å². The van der Waals surface area contributed by atoms with E-state index in [1.165, 1.54) is 0 Å². The Hall–Kier alpha value is -0.180. The van der Waals surface area contributed by atoms with Gasteiger partial charge in [0.05, 0.1) is 6.10 Å². The molecule has 78 valence electrons. The first-order chi connectivity index (χ1) is 5.89. The third-order valence-corrected chi connectivity index (χ3v) is 2.90. The van der Waals surface area contributed by atoms with Crippen molar-refractivity contribution in [3.05, 3.63) is 0 Å². The Kier molecular flexibility index (Phi) is 3.28. The Balaban J connectivity index is 2.36. The van der Waals surface area contributed by atoms with Crippen molar-refractivity contribution in [2.75, 3.05) is 0 Å². The fourth-order valence-corrected chi connectivity index (χ4v) is 2.00. The van der Waals surface area contributed by atoms with Crippen LogP contribution in [-0.2, 0) is 4.74 Å². The molecule has 1 aliphatic carbocycles. The van der Waals surface area contributed by atoms with Gasteiger partial charge < -0.3 is 4.74 Å². The van der Waals surface area contributed by atoms with E-state index >= 15 is 0 Å². The maximum Gasteiger partial charge on any atom is 0.345 e. The maximum atomic E-state index is 11.9. The van der Waals surface area contributed by atoms with E-state index in [4.69, 9.17) is 0 Å². The van der Waals surface area contributed by atoms with Gasteiger partial charge in [0.1, 0.15) is 0 Å². The molecule has 0 heterocycles. The van der Waals surface area contributed by atoms with Gasteiger partial charge in [-0.1, -0.05) is 20.8 Å². The highest BCUT2D eigenvalue weighted by atomic mass is 19.3. The quantitative estimate of drug-likeness (QED) is 0.651. The average molecular weight is 192 g/mol. The smallest absolute Gasteiger partial charge is 0.320 e. The molecule has 0 aromatic rings. The zero-order chi connectivity index (χ0) is 10.1. The van der Waals surface area contributed by atoms with Gasteiger partial charge in [-0.15, -0.1) is 0 Å². The molecule has 1 saturated carbocycles. The zero-order valence-electron chi connectivity index (χ0n) is 8.52. The molecule has 1 nitrogen and oxygen atoms in total. The van der Waals surface area contributed by atoms with Crippen LogP contribution in [0.5, 0.6) is 0 Å². The Labute approximate surface area is 78.5 Å². The van der Waals surface area contributed by atoms with Crippen LogP contribution in [0.15, 0.2) is 0 Å². The van der Waals surface area contributed by atoms with Crippen LogP contribution in [0.1, 0.15) is 40.0 Å². The Morgan fingerprint density at radius 3 is 2.23 bits per heavy atom. The van der Waals surface area contributed by atoms with E-state index in [-0.39, 0.29) is 11.5 Å². The summed E-state index contributed by atoms with van der Waals surface area (Å²) in [7, 11) is 0. The summed E-state index contributed by atoms with van der Waals surface area (Å²) in [6, 6.07) is 0. The molecule has 0 radical (unpaired) electrons. The van der Waals surface area contributed by atoms with E-state index in [9.17, 15) is 8.78 Å².